The van der Waals surface area contributed by atoms with Gasteiger partial charge in [0.2, 0.25) is 0 Å². The van der Waals surface area contributed by atoms with Crippen molar-refractivity contribution >= 4 is 0 Å². The van der Waals surface area contributed by atoms with E-state index in [4.69, 9.17) is 0 Å². The second-order valence-electron chi connectivity index (χ2n) is 3.93. The first kappa shape index (κ1) is 8.80. The van der Waals surface area contributed by atoms with Gasteiger partial charge in [0.1, 0.15) is 0 Å². The van der Waals surface area contributed by atoms with Crippen LogP contribution in [0.25, 0.3) is 0 Å². The van der Waals surface area contributed by atoms with Gasteiger partial charge < -0.3 is 0 Å². The normalized spacial score (nSPS) is 17.9. The van der Waals surface area contributed by atoms with Crippen LogP contribution in [0.3, 0.4) is 0 Å². The summed E-state index contributed by atoms with van der Waals surface area (Å²) in [5.74, 6) is 0.831. The Kier molecular flexibility index (Phi) is 2.68. The summed E-state index contributed by atoms with van der Waals surface area (Å²) < 4.78 is 0. The van der Waals surface area contributed by atoms with Gasteiger partial charge in [-0.1, -0.05) is 37.1 Å². The van der Waals surface area contributed by atoms with Gasteiger partial charge in [-0.05, 0) is 43.2 Å². The first-order valence-corrected chi connectivity index (χ1v) is 5.29. The molecule has 1 saturated carbocycles. The molecule has 0 bridgehead atoms. The minimum Gasteiger partial charge on any atom is -0.0620 e. The van der Waals surface area contributed by atoms with E-state index in [9.17, 15) is 0 Å². The summed E-state index contributed by atoms with van der Waals surface area (Å²) in [5.41, 5.74) is 3.02. The first-order chi connectivity index (χ1) is 6.42. The molecule has 0 spiro atoms. The summed E-state index contributed by atoms with van der Waals surface area (Å²) in [6.07, 6.45) is 6.53. The number of rotatable bonds is 2. The lowest BCUT2D eigenvalue weighted by Crippen LogP contribution is -1.97. The van der Waals surface area contributed by atoms with E-state index in [2.05, 4.69) is 31.2 Å². The van der Waals surface area contributed by atoms with Crippen LogP contribution in [0.4, 0.5) is 0 Å². The number of hydrogen-bond acceptors (Lipinski definition) is 0. The maximum atomic E-state index is 3.99. The minimum atomic E-state index is 0.831. The summed E-state index contributed by atoms with van der Waals surface area (Å²) in [5, 5.41) is 0. The molecule has 0 nitrogen and oxygen atoms in total. The Balaban J connectivity index is 2.26. The quantitative estimate of drug-likeness (QED) is 0.639. The Bertz CT molecular complexity index is 269. The van der Waals surface area contributed by atoms with Crippen molar-refractivity contribution in [2.45, 2.75) is 38.0 Å². The van der Waals surface area contributed by atoms with E-state index in [1.54, 1.807) is 5.56 Å². The number of hydrogen-bond donors (Lipinski definition) is 0. The SMILES string of the molecule is [CH2]Cc1ccccc1C1CCCC1. The van der Waals surface area contributed by atoms with Gasteiger partial charge in [-0.3, -0.25) is 0 Å². The molecule has 1 radical (unpaired) electrons. The van der Waals surface area contributed by atoms with Gasteiger partial charge in [-0.2, -0.15) is 0 Å². The van der Waals surface area contributed by atoms with Crippen LogP contribution in [0.1, 0.15) is 42.7 Å². The molecule has 13 heavy (non-hydrogen) atoms. The molecule has 0 saturated heterocycles. The van der Waals surface area contributed by atoms with Gasteiger partial charge in [0, 0.05) is 0 Å². The van der Waals surface area contributed by atoms with Crippen molar-refractivity contribution in [1.82, 2.24) is 0 Å². The Morgan fingerprint density at radius 3 is 2.54 bits per heavy atom. The fourth-order valence-electron chi connectivity index (χ4n) is 2.40. The maximum Gasteiger partial charge on any atom is -0.0159 e. The summed E-state index contributed by atoms with van der Waals surface area (Å²) in [6, 6.07) is 8.79. The van der Waals surface area contributed by atoms with Crippen LogP contribution < -0.4 is 0 Å². The zero-order valence-corrected chi connectivity index (χ0v) is 8.13. The largest absolute Gasteiger partial charge is 0.0620 e. The molecule has 1 aromatic carbocycles. The van der Waals surface area contributed by atoms with Crippen LogP contribution in [0, 0.1) is 6.92 Å². The van der Waals surface area contributed by atoms with Crippen LogP contribution in [-0.2, 0) is 6.42 Å². The summed E-state index contributed by atoms with van der Waals surface area (Å²) >= 11 is 0. The van der Waals surface area contributed by atoms with Crippen LogP contribution in [0.2, 0.25) is 0 Å². The third-order valence-electron chi connectivity index (χ3n) is 3.12. The van der Waals surface area contributed by atoms with Crippen LogP contribution in [0.15, 0.2) is 24.3 Å². The molecule has 1 aliphatic carbocycles. The highest BCUT2D eigenvalue weighted by Gasteiger charge is 2.18. The molecule has 1 aliphatic rings. The van der Waals surface area contributed by atoms with Gasteiger partial charge in [0.15, 0.2) is 0 Å². The third kappa shape index (κ3) is 1.77. The van der Waals surface area contributed by atoms with Crippen LogP contribution in [0.5, 0.6) is 0 Å². The third-order valence-corrected chi connectivity index (χ3v) is 3.12. The lowest BCUT2D eigenvalue weighted by Gasteiger charge is -2.13. The lowest BCUT2D eigenvalue weighted by molar-refractivity contribution is 0.715. The molecule has 0 aliphatic heterocycles. The van der Waals surface area contributed by atoms with Gasteiger partial charge in [0.05, 0.1) is 0 Å². The molecular formula is C13H17. The Hall–Kier alpha value is -0.780. The molecule has 0 unspecified atom stereocenters. The maximum absolute atomic E-state index is 3.99. The predicted molar refractivity (Wildman–Crippen MR) is 56.7 cm³/mol. The van der Waals surface area contributed by atoms with E-state index in [-0.39, 0.29) is 0 Å². The zero-order chi connectivity index (χ0) is 9.10. The van der Waals surface area contributed by atoms with Gasteiger partial charge in [-0.25, -0.2) is 0 Å². The van der Waals surface area contributed by atoms with E-state index in [1.165, 1.54) is 31.2 Å². The molecular weight excluding hydrogens is 156 g/mol. The molecule has 0 heteroatoms. The average Bonchev–Trinajstić information content (AvgIpc) is 2.70. The second-order valence-corrected chi connectivity index (χ2v) is 3.93. The summed E-state index contributed by atoms with van der Waals surface area (Å²) in [7, 11) is 0. The summed E-state index contributed by atoms with van der Waals surface area (Å²) in [4.78, 5) is 0. The molecule has 1 fully saturated rings. The van der Waals surface area contributed by atoms with E-state index in [1.807, 2.05) is 0 Å². The smallest absolute Gasteiger partial charge is 0.0159 e. The van der Waals surface area contributed by atoms with Crippen molar-refractivity contribution in [3.05, 3.63) is 42.3 Å². The predicted octanol–water partition coefficient (Wildman–Crippen LogP) is 3.72. The fourth-order valence-corrected chi connectivity index (χ4v) is 2.40. The zero-order valence-electron chi connectivity index (χ0n) is 8.13. The molecule has 69 valence electrons. The number of benzene rings is 1. The molecule has 2 rings (SSSR count). The van der Waals surface area contributed by atoms with E-state index < -0.39 is 0 Å². The van der Waals surface area contributed by atoms with Crippen molar-refractivity contribution in [3.8, 4) is 0 Å². The second kappa shape index (κ2) is 3.95. The highest BCUT2D eigenvalue weighted by atomic mass is 14.2. The van der Waals surface area contributed by atoms with Gasteiger partial charge in [-0.15, -0.1) is 0 Å². The Labute approximate surface area is 81.0 Å². The van der Waals surface area contributed by atoms with Crippen molar-refractivity contribution in [3.63, 3.8) is 0 Å². The van der Waals surface area contributed by atoms with Crippen molar-refractivity contribution in [2.24, 2.45) is 0 Å². The highest BCUT2D eigenvalue weighted by molar-refractivity contribution is 5.31. The average molecular weight is 173 g/mol. The summed E-state index contributed by atoms with van der Waals surface area (Å²) in [6.45, 7) is 3.99. The van der Waals surface area contributed by atoms with E-state index in [0.29, 0.717) is 0 Å². The molecule has 0 atom stereocenters. The minimum absolute atomic E-state index is 0.831. The Morgan fingerprint density at radius 1 is 1.15 bits per heavy atom. The van der Waals surface area contributed by atoms with Gasteiger partial charge in [0.25, 0.3) is 0 Å². The first-order valence-electron chi connectivity index (χ1n) is 5.29. The Morgan fingerprint density at radius 2 is 1.85 bits per heavy atom. The van der Waals surface area contributed by atoms with Crippen molar-refractivity contribution in [1.29, 1.82) is 0 Å². The molecule has 0 aromatic heterocycles. The molecule has 0 amide bonds. The van der Waals surface area contributed by atoms with Crippen molar-refractivity contribution in [2.75, 3.05) is 0 Å². The van der Waals surface area contributed by atoms with Crippen LogP contribution >= 0.6 is 0 Å². The lowest BCUT2D eigenvalue weighted by atomic mass is 9.92. The van der Waals surface area contributed by atoms with E-state index >= 15 is 0 Å². The molecule has 1 aromatic rings. The van der Waals surface area contributed by atoms with Crippen LogP contribution in [-0.4, -0.2) is 0 Å². The topological polar surface area (TPSA) is 0 Å². The molecule has 0 heterocycles. The molecule has 0 N–H and O–H groups in total. The monoisotopic (exact) mass is 173 g/mol. The van der Waals surface area contributed by atoms with Gasteiger partial charge >= 0.3 is 0 Å². The van der Waals surface area contributed by atoms with E-state index in [0.717, 1.165) is 12.3 Å². The standard InChI is InChI=1S/C13H17/c1-2-11-7-5-6-10-13(11)12-8-3-4-9-12/h5-7,10,12H,1-4,8-9H2. The highest BCUT2D eigenvalue weighted by Crippen LogP contribution is 2.35. The van der Waals surface area contributed by atoms with Crippen molar-refractivity contribution < 1.29 is 0 Å². The fraction of sp³-hybridized carbons (Fsp3) is 0.462.